The highest BCUT2D eigenvalue weighted by molar-refractivity contribution is 5.98. The Kier molecular flexibility index (Phi) is 6.16. The van der Waals surface area contributed by atoms with E-state index >= 15 is 0 Å². The summed E-state index contributed by atoms with van der Waals surface area (Å²) in [5.74, 6) is 0.922. The van der Waals surface area contributed by atoms with Gasteiger partial charge in [-0.15, -0.1) is 0 Å². The second-order valence-corrected chi connectivity index (χ2v) is 11.1. The number of amides is 1. The van der Waals surface area contributed by atoms with Crippen molar-refractivity contribution in [3.05, 3.63) is 75.2 Å². The van der Waals surface area contributed by atoms with Crippen molar-refractivity contribution in [2.75, 3.05) is 23.9 Å². The molecule has 0 aliphatic carbocycles. The lowest BCUT2D eigenvalue weighted by Gasteiger charge is -2.31. The van der Waals surface area contributed by atoms with Crippen molar-refractivity contribution in [1.82, 2.24) is 34.2 Å². The number of nitrogens with zero attached hydrogens (tertiary/aromatic N) is 7. The van der Waals surface area contributed by atoms with Crippen LogP contribution < -0.4 is 21.3 Å². The van der Waals surface area contributed by atoms with Gasteiger partial charge in [0.15, 0.2) is 11.6 Å². The molecule has 0 saturated carbocycles. The van der Waals surface area contributed by atoms with Gasteiger partial charge < -0.3 is 19.6 Å². The number of hydrogen-bond donors (Lipinski definition) is 3. The molecule has 41 heavy (non-hydrogen) atoms. The largest absolute Gasteiger partial charge is 0.392 e. The van der Waals surface area contributed by atoms with Crippen LogP contribution in [-0.2, 0) is 46.3 Å². The average Bonchev–Trinajstić information content (AvgIpc) is 3.55. The molecule has 4 aromatic heterocycles. The van der Waals surface area contributed by atoms with E-state index in [1.807, 2.05) is 23.0 Å². The molecule has 0 saturated heterocycles. The zero-order valence-electron chi connectivity index (χ0n) is 23.2. The maximum absolute atomic E-state index is 13.1. The first-order chi connectivity index (χ1) is 19.9. The van der Waals surface area contributed by atoms with Crippen LogP contribution in [0.4, 0.5) is 17.3 Å². The second-order valence-electron chi connectivity index (χ2n) is 11.1. The van der Waals surface area contributed by atoms with Gasteiger partial charge in [0.2, 0.25) is 0 Å². The van der Waals surface area contributed by atoms with Gasteiger partial charge in [-0.25, -0.2) is 4.98 Å². The van der Waals surface area contributed by atoms with Gasteiger partial charge in [-0.05, 0) is 44.0 Å². The Morgan fingerprint density at radius 3 is 2.78 bits per heavy atom. The molecule has 0 radical (unpaired) electrons. The third-order valence-corrected chi connectivity index (χ3v) is 8.36. The molecule has 0 bridgehead atoms. The third kappa shape index (κ3) is 4.39. The Morgan fingerprint density at radius 1 is 1.05 bits per heavy atom. The number of hydrazine groups is 1. The minimum Gasteiger partial charge on any atom is -0.392 e. The molecule has 0 aromatic carbocycles. The van der Waals surface area contributed by atoms with Crippen LogP contribution in [0.15, 0.2) is 41.6 Å². The molecule has 12 heteroatoms. The zero-order valence-corrected chi connectivity index (χ0v) is 23.2. The number of aliphatic hydroxyl groups is 1. The normalized spacial score (nSPS) is 16.7. The molecular formula is C29H33N9O3. The molecule has 1 amide bonds. The standard InChI is InChI=1S/C29H33N9O3/c1-34-9-10-37-19(14-34)12-26(32-37)31-24-11-18(13-35(2)29(24)41)20-6-7-30-27(23(20)17-39)38-16-21-22(28(40)33-38)15-36-8-4-3-5-25(21)36/h6-7,11-13,15,39H,3-5,8-10,14,16-17H2,1-2H3,(H,31,32)(H,33,40). The van der Waals surface area contributed by atoms with Gasteiger partial charge in [0.05, 0.1) is 31.0 Å². The summed E-state index contributed by atoms with van der Waals surface area (Å²) in [7, 11) is 3.78. The fourth-order valence-electron chi connectivity index (χ4n) is 6.27. The molecule has 7 heterocycles. The Morgan fingerprint density at radius 2 is 1.93 bits per heavy atom. The van der Waals surface area contributed by atoms with Crippen molar-refractivity contribution in [2.45, 2.75) is 52.0 Å². The summed E-state index contributed by atoms with van der Waals surface area (Å²) < 4.78 is 5.68. The second kappa shape index (κ2) is 9.89. The number of anilines is 3. The fourth-order valence-corrected chi connectivity index (χ4v) is 6.27. The number of nitrogens with one attached hydrogen (secondary N) is 2. The summed E-state index contributed by atoms with van der Waals surface area (Å²) in [6.45, 7) is 3.61. The average molecular weight is 556 g/mol. The molecule has 3 N–H and O–H groups in total. The Balaban J connectivity index is 1.24. The summed E-state index contributed by atoms with van der Waals surface area (Å²) >= 11 is 0. The van der Waals surface area contributed by atoms with Crippen LogP contribution in [0.1, 0.15) is 45.7 Å². The highest BCUT2D eigenvalue weighted by atomic mass is 16.3. The SMILES string of the molecule is CN1CCn2nc(Nc3cc(-c4ccnc(N5Cc6c(cn7c6CCCC7)C(=O)N5)c4CO)cn(C)c3=O)cc2C1. The number of hydrogen-bond acceptors (Lipinski definition) is 8. The Hall–Kier alpha value is -4.42. The van der Waals surface area contributed by atoms with E-state index in [1.54, 1.807) is 30.5 Å². The van der Waals surface area contributed by atoms with E-state index in [0.29, 0.717) is 35.0 Å². The van der Waals surface area contributed by atoms with Crippen LogP contribution in [0.25, 0.3) is 11.1 Å². The molecular weight excluding hydrogens is 522 g/mol. The van der Waals surface area contributed by atoms with Gasteiger partial charge in [0, 0.05) is 73.7 Å². The minimum atomic E-state index is -0.293. The van der Waals surface area contributed by atoms with Crippen molar-refractivity contribution in [1.29, 1.82) is 0 Å². The first-order valence-corrected chi connectivity index (χ1v) is 14.0. The molecule has 0 fully saturated rings. The number of carbonyl (C=O) groups is 1. The Labute approximate surface area is 236 Å². The molecule has 4 aromatic rings. The van der Waals surface area contributed by atoms with Gasteiger partial charge in [0.25, 0.3) is 11.5 Å². The first-order valence-electron chi connectivity index (χ1n) is 14.0. The van der Waals surface area contributed by atoms with Crippen LogP contribution in [0.2, 0.25) is 0 Å². The molecule has 12 nitrogen and oxygen atoms in total. The number of aliphatic hydroxyl groups excluding tert-OH is 1. The maximum atomic E-state index is 13.1. The summed E-state index contributed by atoms with van der Waals surface area (Å²) in [6.07, 6.45) is 8.54. The lowest BCUT2D eigenvalue weighted by Crippen LogP contribution is -2.47. The summed E-state index contributed by atoms with van der Waals surface area (Å²) in [5.41, 5.74) is 9.20. The third-order valence-electron chi connectivity index (χ3n) is 8.36. The number of carbonyl (C=O) groups excluding carboxylic acids is 1. The zero-order chi connectivity index (χ0) is 28.2. The number of likely N-dealkylation sites (N-methyl/N-ethyl adjacent to an activating group) is 1. The fraction of sp³-hybridized carbons (Fsp3) is 0.379. The molecule has 0 atom stereocenters. The summed E-state index contributed by atoms with van der Waals surface area (Å²) in [5, 5.41) is 20.2. The predicted octanol–water partition coefficient (Wildman–Crippen LogP) is 2.13. The van der Waals surface area contributed by atoms with Gasteiger partial charge >= 0.3 is 0 Å². The summed E-state index contributed by atoms with van der Waals surface area (Å²) in [4.78, 5) is 33.0. The molecule has 3 aliphatic rings. The number of pyridine rings is 2. The minimum absolute atomic E-state index is 0.174. The topological polar surface area (TPSA) is 125 Å². The number of aromatic nitrogens is 5. The quantitative estimate of drug-likeness (QED) is 0.342. The van der Waals surface area contributed by atoms with Crippen LogP contribution in [0.3, 0.4) is 0 Å². The number of rotatable bonds is 5. The van der Waals surface area contributed by atoms with Gasteiger partial charge in [-0.1, -0.05) is 0 Å². The van der Waals surface area contributed by atoms with E-state index in [0.717, 1.165) is 67.8 Å². The van der Waals surface area contributed by atoms with E-state index in [9.17, 15) is 14.7 Å². The summed E-state index contributed by atoms with van der Waals surface area (Å²) in [6, 6.07) is 5.57. The smallest absolute Gasteiger partial charge is 0.274 e. The van der Waals surface area contributed by atoms with Gasteiger partial charge in [0.1, 0.15) is 5.69 Å². The van der Waals surface area contributed by atoms with E-state index < -0.39 is 0 Å². The highest BCUT2D eigenvalue weighted by Crippen LogP contribution is 2.34. The molecule has 3 aliphatic heterocycles. The molecule has 212 valence electrons. The van der Waals surface area contributed by atoms with Crippen molar-refractivity contribution < 1.29 is 9.90 Å². The van der Waals surface area contributed by atoms with E-state index in [1.165, 1.54) is 10.3 Å². The van der Waals surface area contributed by atoms with Crippen molar-refractivity contribution >= 4 is 23.2 Å². The number of aryl methyl sites for hydroxylation is 2. The van der Waals surface area contributed by atoms with Crippen molar-refractivity contribution in [3.63, 3.8) is 0 Å². The van der Waals surface area contributed by atoms with Crippen LogP contribution in [-0.4, -0.2) is 53.4 Å². The van der Waals surface area contributed by atoms with Crippen molar-refractivity contribution in [3.8, 4) is 11.1 Å². The maximum Gasteiger partial charge on any atom is 0.274 e. The van der Waals surface area contributed by atoms with Gasteiger partial charge in [-0.3, -0.25) is 29.6 Å². The monoisotopic (exact) mass is 555 g/mol. The molecule has 7 rings (SSSR count). The molecule has 0 spiro atoms. The van der Waals surface area contributed by atoms with Crippen molar-refractivity contribution in [2.24, 2.45) is 7.05 Å². The Bertz CT molecular complexity index is 1730. The lowest BCUT2D eigenvalue weighted by molar-refractivity contribution is 0.0938. The van der Waals surface area contributed by atoms with Gasteiger partial charge in [-0.2, -0.15) is 5.10 Å². The van der Waals surface area contributed by atoms with E-state index in [-0.39, 0.29) is 18.1 Å². The van der Waals surface area contributed by atoms with Crippen LogP contribution in [0.5, 0.6) is 0 Å². The first kappa shape index (κ1) is 25.5. The van der Waals surface area contributed by atoms with Crippen LogP contribution >= 0.6 is 0 Å². The lowest BCUT2D eigenvalue weighted by atomic mass is 10.0. The van der Waals surface area contributed by atoms with Crippen LogP contribution in [0, 0.1) is 0 Å². The highest BCUT2D eigenvalue weighted by Gasteiger charge is 2.31. The number of fused-ring (bicyclic) bond motifs is 4. The predicted molar refractivity (Wildman–Crippen MR) is 154 cm³/mol. The molecule has 0 unspecified atom stereocenters. The van der Waals surface area contributed by atoms with E-state index in [4.69, 9.17) is 0 Å². The van der Waals surface area contributed by atoms with E-state index in [2.05, 4.69) is 37.3 Å².